The summed E-state index contributed by atoms with van der Waals surface area (Å²) in [7, 11) is 1.79. The van der Waals surface area contributed by atoms with Crippen LogP contribution >= 0.6 is 0 Å². The van der Waals surface area contributed by atoms with Gasteiger partial charge in [0.25, 0.3) is 5.91 Å². The van der Waals surface area contributed by atoms with E-state index in [1.807, 2.05) is 13.8 Å². The van der Waals surface area contributed by atoms with Crippen LogP contribution in [0.5, 0.6) is 0 Å². The predicted octanol–water partition coefficient (Wildman–Crippen LogP) is 2.97. The number of nitrogens with zero attached hydrogens (tertiary/aromatic N) is 2. The van der Waals surface area contributed by atoms with Crippen molar-refractivity contribution in [2.24, 2.45) is 7.05 Å². The molecule has 4 nitrogen and oxygen atoms in total. The van der Waals surface area contributed by atoms with Crippen LogP contribution < -0.4 is 5.73 Å². The maximum Gasteiger partial charge on any atom is 0.271 e. The standard InChI is InChI=1S/C16H20FN3O/c1-4-20(11(2)12-5-7-13(17)8-6-12)16(21)15-9-14(18)10-19(15)3/h5-11H,4,18H2,1-3H3. The van der Waals surface area contributed by atoms with Crippen molar-refractivity contribution in [1.82, 2.24) is 9.47 Å². The van der Waals surface area contributed by atoms with E-state index in [1.165, 1.54) is 12.1 Å². The highest BCUT2D eigenvalue weighted by Crippen LogP contribution is 2.23. The summed E-state index contributed by atoms with van der Waals surface area (Å²) in [5.41, 5.74) is 7.73. The van der Waals surface area contributed by atoms with E-state index in [4.69, 9.17) is 5.73 Å². The van der Waals surface area contributed by atoms with E-state index in [2.05, 4.69) is 0 Å². The van der Waals surface area contributed by atoms with Crippen LogP contribution in [0, 0.1) is 5.82 Å². The number of hydrogen-bond acceptors (Lipinski definition) is 2. The Labute approximate surface area is 124 Å². The highest BCUT2D eigenvalue weighted by molar-refractivity contribution is 5.94. The molecule has 2 aromatic rings. The molecule has 0 bridgehead atoms. The molecule has 112 valence electrons. The minimum Gasteiger partial charge on any atom is -0.397 e. The fraction of sp³-hybridized carbons (Fsp3) is 0.312. The van der Waals surface area contributed by atoms with Gasteiger partial charge in [-0.3, -0.25) is 4.79 Å². The Kier molecular flexibility index (Phi) is 4.31. The second kappa shape index (κ2) is 5.99. The Hall–Kier alpha value is -2.30. The van der Waals surface area contributed by atoms with Crippen LogP contribution in [0.25, 0.3) is 0 Å². The molecule has 0 aliphatic heterocycles. The quantitative estimate of drug-likeness (QED) is 0.940. The minimum atomic E-state index is -0.282. The molecule has 1 atom stereocenters. The van der Waals surface area contributed by atoms with Gasteiger partial charge in [-0.25, -0.2) is 4.39 Å². The van der Waals surface area contributed by atoms with Crippen molar-refractivity contribution in [3.8, 4) is 0 Å². The zero-order valence-corrected chi connectivity index (χ0v) is 12.5. The van der Waals surface area contributed by atoms with Gasteiger partial charge in [-0.05, 0) is 37.6 Å². The highest BCUT2D eigenvalue weighted by atomic mass is 19.1. The summed E-state index contributed by atoms with van der Waals surface area (Å²) in [5.74, 6) is -0.371. The molecule has 5 heteroatoms. The van der Waals surface area contributed by atoms with E-state index in [0.717, 1.165) is 5.56 Å². The monoisotopic (exact) mass is 289 g/mol. The number of nitrogen functional groups attached to an aromatic ring is 1. The van der Waals surface area contributed by atoms with Gasteiger partial charge in [0, 0.05) is 19.8 Å². The van der Waals surface area contributed by atoms with Crippen LogP contribution in [-0.2, 0) is 7.05 Å². The van der Waals surface area contributed by atoms with E-state index in [1.54, 1.807) is 40.9 Å². The lowest BCUT2D eigenvalue weighted by Gasteiger charge is -2.28. The van der Waals surface area contributed by atoms with Gasteiger partial charge in [-0.2, -0.15) is 0 Å². The molecule has 2 N–H and O–H groups in total. The number of amides is 1. The molecular weight excluding hydrogens is 269 g/mol. The molecule has 21 heavy (non-hydrogen) atoms. The lowest BCUT2D eigenvalue weighted by Crippen LogP contribution is -2.34. The molecule has 0 aliphatic carbocycles. The normalized spacial score (nSPS) is 12.2. The van der Waals surface area contributed by atoms with Crippen molar-refractivity contribution in [3.63, 3.8) is 0 Å². The average Bonchev–Trinajstić information content (AvgIpc) is 2.79. The zero-order chi connectivity index (χ0) is 15.6. The number of anilines is 1. The minimum absolute atomic E-state index is 0.0893. The van der Waals surface area contributed by atoms with Crippen LogP contribution in [0.4, 0.5) is 10.1 Å². The third-order valence-electron chi connectivity index (χ3n) is 3.67. The molecule has 1 unspecified atom stereocenters. The molecule has 2 rings (SSSR count). The number of aryl methyl sites for hydroxylation is 1. The Morgan fingerprint density at radius 3 is 2.48 bits per heavy atom. The lowest BCUT2D eigenvalue weighted by atomic mass is 10.1. The van der Waals surface area contributed by atoms with Crippen LogP contribution in [0.15, 0.2) is 36.5 Å². The number of benzene rings is 1. The Morgan fingerprint density at radius 2 is 2.00 bits per heavy atom. The number of carbonyl (C=O) groups excluding carboxylic acids is 1. The lowest BCUT2D eigenvalue weighted by molar-refractivity contribution is 0.0692. The first-order valence-electron chi connectivity index (χ1n) is 6.92. The molecule has 0 saturated heterocycles. The summed E-state index contributed by atoms with van der Waals surface area (Å²) in [6, 6.07) is 7.75. The summed E-state index contributed by atoms with van der Waals surface area (Å²) in [6.07, 6.45) is 1.71. The molecule has 0 saturated carbocycles. The van der Waals surface area contributed by atoms with Crippen molar-refractivity contribution in [3.05, 3.63) is 53.6 Å². The first-order chi connectivity index (χ1) is 9.93. The number of rotatable bonds is 4. The van der Waals surface area contributed by atoms with Crippen molar-refractivity contribution in [1.29, 1.82) is 0 Å². The molecular formula is C16H20FN3O. The third kappa shape index (κ3) is 3.07. The first-order valence-corrected chi connectivity index (χ1v) is 6.92. The summed E-state index contributed by atoms with van der Waals surface area (Å²) in [6.45, 7) is 4.41. The fourth-order valence-electron chi connectivity index (χ4n) is 2.46. The maximum absolute atomic E-state index is 13.0. The molecule has 0 fully saturated rings. The van der Waals surface area contributed by atoms with Gasteiger partial charge in [0.15, 0.2) is 0 Å². The first kappa shape index (κ1) is 15.1. The Bertz CT molecular complexity index is 633. The zero-order valence-electron chi connectivity index (χ0n) is 12.5. The van der Waals surface area contributed by atoms with Crippen LogP contribution in [0.3, 0.4) is 0 Å². The van der Waals surface area contributed by atoms with E-state index in [-0.39, 0.29) is 17.8 Å². The van der Waals surface area contributed by atoms with E-state index in [9.17, 15) is 9.18 Å². The summed E-state index contributed by atoms with van der Waals surface area (Å²) < 4.78 is 14.7. The van der Waals surface area contributed by atoms with Gasteiger partial charge in [-0.15, -0.1) is 0 Å². The Morgan fingerprint density at radius 1 is 1.38 bits per heavy atom. The smallest absolute Gasteiger partial charge is 0.271 e. The molecule has 1 aromatic carbocycles. The molecule has 1 aromatic heterocycles. The number of nitrogens with two attached hydrogens (primary N) is 1. The van der Waals surface area contributed by atoms with Crippen LogP contribution in [-0.4, -0.2) is 21.9 Å². The number of halogens is 1. The third-order valence-corrected chi connectivity index (χ3v) is 3.67. The second-order valence-corrected chi connectivity index (χ2v) is 5.09. The SMILES string of the molecule is CCN(C(=O)c1cc(N)cn1C)C(C)c1ccc(F)cc1. The number of carbonyl (C=O) groups is 1. The summed E-state index contributed by atoms with van der Waals surface area (Å²) >= 11 is 0. The maximum atomic E-state index is 13.0. The summed E-state index contributed by atoms with van der Waals surface area (Å²) in [5, 5.41) is 0. The molecule has 1 amide bonds. The van der Waals surface area contributed by atoms with Gasteiger partial charge in [-0.1, -0.05) is 12.1 Å². The van der Waals surface area contributed by atoms with Gasteiger partial charge >= 0.3 is 0 Å². The van der Waals surface area contributed by atoms with Crippen molar-refractivity contribution < 1.29 is 9.18 Å². The fourth-order valence-corrected chi connectivity index (χ4v) is 2.46. The number of hydrogen-bond donors (Lipinski definition) is 1. The Balaban J connectivity index is 2.28. The largest absolute Gasteiger partial charge is 0.397 e. The molecule has 0 spiro atoms. The van der Waals surface area contributed by atoms with E-state index in [0.29, 0.717) is 17.9 Å². The second-order valence-electron chi connectivity index (χ2n) is 5.09. The van der Waals surface area contributed by atoms with Crippen molar-refractivity contribution in [2.45, 2.75) is 19.9 Å². The van der Waals surface area contributed by atoms with Gasteiger partial charge < -0.3 is 15.2 Å². The number of aromatic nitrogens is 1. The van der Waals surface area contributed by atoms with Crippen molar-refractivity contribution in [2.75, 3.05) is 12.3 Å². The van der Waals surface area contributed by atoms with Crippen LogP contribution in [0.2, 0.25) is 0 Å². The molecule has 0 radical (unpaired) electrons. The predicted molar refractivity (Wildman–Crippen MR) is 81.4 cm³/mol. The molecule has 1 heterocycles. The topological polar surface area (TPSA) is 51.3 Å². The molecule has 0 aliphatic rings. The summed E-state index contributed by atoms with van der Waals surface area (Å²) in [4.78, 5) is 14.4. The van der Waals surface area contributed by atoms with Gasteiger partial charge in [0.2, 0.25) is 0 Å². The van der Waals surface area contributed by atoms with E-state index < -0.39 is 0 Å². The van der Waals surface area contributed by atoms with Gasteiger partial charge in [0.05, 0.1) is 11.7 Å². The average molecular weight is 289 g/mol. The van der Waals surface area contributed by atoms with Gasteiger partial charge in [0.1, 0.15) is 11.5 Å². The van der Waals surface area contributed by atoms with Crippen LogP contribution in [0.1, 0.15) is 35.9 Å². The van der Waals surface area contributed by atoms with Crippen molar-refractivity contribution >= 4 is 11.6 Å². The highest BCUT2D eigenvalue weighted by Gasteiger charge is 2.23. The van der Waals surface area contributed by atoms with E-state index >= 15 is 0 Å².